The second-order valence-electron chi connectivity index (χ2n) is 7.56. The fraction of sp³-hybridized carbons (Fsp3) is 0.350. The molecule has 0 aliphatic rings. The highest BCUT2D eigenvalue weighted by Gasteiger charge is 2.16. The number of imidazole rings is 1. The fourth-order valence-corrected chi connectivity index (χ4v) is 3.48. The van der Waals surface area contributed by atoms with Crippen molar-refractivity contribution in [1.29, 1.82) is 0 Å². The van der Waals surface area contributed by atoms with Crippen LogP contribution in [0.4, 0.5) is 0 Å². The number of fused-ring (bicyclic) bond motifs is 1. The molecule has 4 rings (SSSR count). The molecule has 0 saturated carbocycles. The van der Waals surface area contributed by atoms with E-state index in [0.29, 0.717) is 27.6 Å². The lowest BCUT2D eigenvalue weighted by atomic mass is 10.2. The Morgan fingerprint density at radius 3 is 2.75 bits per heavy atom. The van der Waals surface area contributed by atoms with Crippen molar-refractivity contribution >= 4 is 22.8 Å². The minimum Gasteiger partial charge on any atom is -0.491 e. The Hall–Kier alpha value is -3.44. The van der Waals surface area contributed by atoms with Crippen LogP contribution >= 0.6 is 11.6 Å². The molecule has 11 nitrogen and oxygen atoms in total. The summed E-state index contributed by atoms with van der Waals surface area (Å²) in [5.41, 5.74) is 1.19. The Kier molecular flexibility index (Phi) is 5.85. The third-order valence-electron chi connectivity index (χ3n) is 5.11. The first-order valence-electron chi connectivity index (χ1n) is 9.81. The molecule has 0 fully saturated rings. The Morgan fingerprint density at radius 1 is 1.22 bits per heavy atom. The Balaban J connectivity index is 1.44. The highest BCUT2D eigenvalue weighted by atomic mass is 35.5. The number of hydrogen-bond acceptors (Lipinski definition) is 7. The summed E-state index contributed by atoms with van der Waals surface area (Å²) in [5, 5.41) is 19.1. The molecule has 3 aromatic heterocycles. The molecule has 1 aromatic carbocycles. The number of aromatic nitrogens is 7. The van der Waals surface area contributed by atoms with Gasteiger partial charge in [-0.25, -0.2) is 14.5 Å². The van der Waals surface area contributed by atoms with Crippen molar-refractivity contribution in [2.75, 3.05) is 6.61 Å². The van der Waals surface area contributed by atoms with Gasteiger partial charge in [-0.05, 0) is 30.7 Å². The quantitative estimate of drug-likeness (QED) is 0.426. The van der Waals surface area contributed by atoms with Crippen LogP contribution in [0.1, 0.15) is 11.3 Å². The average molecular weight is 460 g/mol. The number of ether oxygens (including phenoxy) is 1. The lowest BCUT2D eigenvalue weighted by Gasteiger charge is -2.12. The molecule has 0 radical (unpaired) electrons. The highest BCUT2D eigenvalue weighted by Crippen LogP contribution is 2.21. The van der Waals surface area contributed by atoms with Crippen molar-refractivity contribution in [3.63, 3.8) is 0 Å². The number of aliphatic hydroxyl groups is 1. The van der Waals surface area contributed by atoms with Crippen LogP contribution in [0, 0.1) is 6.92 Å². The van der Waals surface area contributed by atoms with Crippen molar-refractivity contribution in [2.45, 2.75) is 26.1 Å². The highest BCUT2D eigenvalue weighted by molar-refractivity contribution is 6.31. The first kappa shape index (κ1) is 21.8. The lowest BCUT2D eigenvalue weighted by Crippen LogP contribution is -2.37. The molecule has 1 N–H and O–H groups in total. The maximum atomic E-state index is 12.5. The molecule has 32 heavy (non-hydrogen) atoms. The maximum Gasteiger partial charge on any atom is 0.332 e. The summed E-state index contributed by atoms with van der Waals surface area (Å²) in [4.78, 5) is 28.8. The number of aliphatic hydroxyl groups excluding tert-OH is 1. The zero-order chi connectivity index (χ0) is 23.0. The van der Waals surface area contributed by atoms with Gasteiger partial charge in [0.25, 0.3) is 5.56 Å². The Bertz CT molecular complexity index is 1400. The number of nitrogens with zero attached hydrogens (tertiary/aromatic N) is 7. The van der Waals surface area contributed by atoms with Gasteiger partial charge in [0, 0.05) is 19.1 Å². The summed E-state index contributed by atoms with van der Waals surface area (Å²) in [6.45, 7) is 2.37. The van der Waals surface area contributed by atoms with E-state index in [1.807, 2.05) is 6.92 Å². The van der Waals surface area contributed by atoms with Crippen LogP contribution in [0.2, 0.25) is 5.02 Å². The van der Waals surface area contributed by atoms with E-state index in [1.165, 1.54) is 22.6 Å². The Labute approximate surface area is 187 Å². The summed E-state index contributed by atoms with van der Waals surface area (Å²) in [6.07, 6.45) is 2.35. The molecular weight excluding hydrogens is 438 g/mol. The van der Waals surface area contributed by atoms with E-state index in [2.05, 4.69) is 15.3 Å². The van der Waals surface area contributed by atoms with Crippen LogP contribution in [-0.4, -0.2) is 51.5 Å². The third kappa shape index (κ3) is 4.16. The summed E-state index contributed by atoms with van der Waals surface area (Å²) >= 11 is 6.00. The first-order valence-corrected chi connectivity index (χ1v) is 10.2. The molecule has 3 heterocycles. The smallest absolute Gasteiger partial charge is 0.332 e. The summed E-state index contributed by atoms with van der Waals surface area (Å²) < 4.78 is 11.1. The molecule has 0 bridgehead atoms. The zero-order valence-corrected chi connectivity index (χ0v) is 18.5. The van der Waals surface area contributed by atoms with Gasteiger partial charge < -0.3 is 14.4 Å². The third-order valence-corrected chi connectivity index (χ3v) is 5.53. The summed E-state index contributed by atoms with van der Waals surface area (Å²) in [6, 6.07) is 5.29. The first-order chi connectivity index (χ1) is 15.2. The summed E-state index contributed by atoms with van der Waals surface area (Å²) in [5.74, 6) is 0.619. The van der Waals surface area contributed by atoms with Gasteiger partial charge in [-0.3, -0.25) is 13.9 Å². The number of aryl methyl sites for hydroxylation is 2. The van der Waals surface area contributed by atoms with Gasteiger partial charge in [0.15, 0.2) is 11.2 Å². The van der Waals surface area contributed by atoms with Crippen molar-refractivity contribution in [3.05, 3.63) is 67.8 Å². The average Bonchev–Trinajstić information content (AvgIpc) is 3.39. The molecule has 4 aromatic rings. The fourth-order valence-electron chi connectivity index (χ4n) is 3.36. The second-order valence-corrected chi connectivity index (χ2v) is 7.97. The van der Waals surface area contributed by atoms with Crippen LogP contribution in [0.25, 0.3) is 11.2 Å². The predicted molar refractivity (Wildman–Crippen MR) is 117 cm³/mol. The van der Waals surface area contributed by atoms with Gasteiger partial charge in [0.2, 0.25) is 0 Å². The molecular formula is C20H22ClN7O4. The SMILES string of the molecule is Cc1cc(OCC(O)Cn2cc(Cn3cnc4c3c(=O)n(C)c(=O)n4C)nn2)ccc1Cl. The standard InChI is InChI=1S/C20H22ClN7O4/c1-12-6-15(4-5-16(12)21)32-10-14(29)9-28-8-13(23-24-28)7-27-11-22-18-17(27)19(30)26(3)20(31)25(18)2/h4-6,8,11,14,29H,7,9-10H2,1-3H3. The van der Waals surface area contributed by atoms with Gasteiger partial charge in [0.05, 0.1) is 25.6 Å². The van der Waals surface area contributed by atoms with E-state index in [0.717, 1.165) is 10.1 Å². The minimum atomic E-state index is -0.809. The van der Waals surface area contributed by atoms with Gasteiger partial charge in [-0.1, -0.05) is 16.8 Å². The van der Waals surface area contributed by atoms with E-state index >= 15 is 0 Å². The van der Waals surface area contributed by atoms with Gasteiger partial charge in [-0.15, -0.1) is 5.10 Å². The van der Waals surface area contributed by atoms with Crippen LogP contribution in [0.15, 0.2) is 40.3 Å². The molecule has 0 aliphatic heterocycles. The van der Waals surface area contributed by atoms with Crippen LogP contribution in [-0.2, 0) is 27.2 Å². The van der Waals surface area contributed by atoms with Crippen molar-refractivity contribution in [3.8, 4) is 5.75 Å². The maximum absolute atomic E-state index is 12.5. The second kappa shape index (κ2) is 8.60. The van der Waals surface area contributed by atoms with Crippen LogP contribution < -0.4 is 16.0 Å². The molecule has 0 saturated heterocycles. The number of halogens is 1. The topological polar surface area (TPSA) is 122 Å². The molecule has 1 unspecified atom stereocenters. The van der Waals surface area contributed by atoms with Gasteiger partial charge in [-0.2, -0.15) is 0 Å². The largest absolute Gasteiger partial charge is 0.491 e. The minimum absolute atomic E-state index is 0.0759. The number of benzene rings is 1. The zero-order valence-electron chi connectivity index (χ0n) is 17.8. The predicted octanol–water partition coefficient (Wildman–Crippen LogP) is 0.475. The summed E-state index contributed by atoms with van der Waals surface area (Å²) in [7, 11) is 2.99. The van der Waals surface area contributed by atoms with Crippen molar-refractivity contribution < 1.29 is 9.84 Å². The number of hydrogen-bond donors (Lipinski definition) is 1. The van der Waals surface area contributed by atoms with Crippen molar-refractivity contribution in [1.82, 2.24) is 33.7 Å². The molecule has 1 atom stereocenters. The van der Waals surface area contributed by atoms with E-state index in [9.17, 15) is 14.7 Å². The number of rotatable bonds is 7. The van der Waals surface area contributed by atoms with E-state index < -0.39 is 17.4 Å². The van der Waals surface area contributed by atoms with Crippen LogP contribution in [0.3, 0.4) is 0 Å². The normalized spacial score (nSPS) is 12.4. The monoisotopic (exact) mass is 459 g/mol. The molecule has 0 aliphatic carbocycles. The molecule has 168 valence electrons. The molecule has 0 amide bonds. The lowest BCUT2D eigenvalue weighted by molar-refractivity contribution is 0.0888. The van der Waals surface area contributed by atoms with E-state index in [4.69, 9.17) is 16.3 Å². The van der Waals surface area contributed by atoms with Gasteiger partial charge in [0.1, 0.15) is 24.2 Å². The van der Waals surface area contributed by atoms with Gasteiger partial charge >= 0.3 is 5.69 Å². The molecule has 12 heteroatoms. The van der Waals surface area contributed by atoms with Crippen molar-refractivity contribution in [2.24, 2.45) is 14.1 Å². The molecule has 0 spiro atoms. The van der Waals surface area contributed by atoms with E-state index in [-0.39, 0.29) is 19.7 Å². The Morgan fingerprint density at radius 2 is 2.00 bits per heavy atom. The van der Waals surface area contributed by atoms with E-state index in [1.54, 1.807) is 36.0 Å². The van der Waals surface area contributed by atoms with Crippen LogP contribution in [0.5, 0.6) is 5.75 Å².